The SMILES string of the molecule is O=C(Nc1ccccc1SC(F)(F)F)C1CCNCC1. The number of thioether (sulfide) groups is 1. The number of hydrogen-bond donors (Lipinski definition) is 2. The van der Waals surface area contributed by atoms with E-state index >= 15 is 0 Å². The number of para-hydroxylation sites is 1. The summed E-state index contributed by atoms with van der Waals surface area (Å²) in [4.78, 5) is 12.1. The van der Waals surface area contributed by atoms with Crippen LogP contribution in [0.1, 0.15) is 12.8 Å². The third-order valence-corrected chi connectivity index (χ3v) is 3.89. The zero-order valence-corrected chi connectivity index (χ0v) is 11.5. The average Bonchev–Trinajstić information content (AvgIpc) is 2.40. The number of hydrogen-bond acceptors (Lipinski definition) is 3. The number of carbonyl (C=O) groups excluding carboxylic acids is 1. The van der Waals surface area contributed by atoms with Crippen molar-refractivity contribution in [2.24, 2.45) is 5.92 Å². The lowest BCUT2D eigenvalue weighted by Crippen LogP contribution is -2.34. The van der Waals surface area contributed by atoms with Gasteiger partial charge in [-0.15, -0.1) is 0 Å². The maximum absolute atomic E-state index is 12.5. The summed E-state index contributed by atoms with van der Waals surface area (Å²) in [5.74, 6) is -0.345. The highest BCUT2D eigenvalue weighted by atomic mass is 32.2. The fraction of sp³-hybridized carbons (Fsp3) is 0.462. The Hall–Kier alpha value is -1.21. The first-order valence-corrected chi connectivity index (χ1v) is 7.14. The van der Waals surface area contributed by atoms with Crippen molar-refractivity contribution in [1.29, 1.82) is 0 Å². The zero-order valence-electron chi connectivity index (χ0n) is 10.7. The second-order valence-corrected chi connectivity index (χ2v) is 5.66. The summed E-state index contributed by atoms with van der Waals surface area (Å²) in [5.41, 5.74) is -4.14. The highest BCUT2D eigenvalue weighted by Gasteiger charge is 2.31. The molecule has 1 heterocycles. The first kappa shape index (κ1) is 15.2. The number of alkyl halides is 3. The fourth-order valence-corrected chi connectivity index (χ4v) is 2.73. The van der Waals surface area contributed by atoms with E-state index in [0.717, 1.165) is 13.1 Å². The van der Waals surface area contributed by atoms with Crippen LogP contribution in [-0.4, -0.2) is 24.5 Å². The van der Waals surface area contributed by atoms with E-state index in [1.54, 1.807) is 6.07 Å². The Labute approximate surface area is 119 Å². The summed E-state index contributed by atoms with van der Waals surface area (Å²) in [6.45, 7) is 1.52. The summed E-state index contributed by atoms with van der Waals surface area (Å²) in [6, 6.07) is 5.98. The van der Waals surface area contributed by atoms with Crippen molar-refractivity contribution < 1.29 is 18.0 Å². The van der Waals surface area contributed by atoms with Crippen LogP contribution in [0.4, 0.5) is 18.9 Å². The lowest BCUT2D eigenvalue weighted by atomic mass is 9.97. The highest BCUT2D eigenvalue weighted by Crippen LogP contribution is 2.40. The third-order valence-electron chi connectivity index (χ3n) is 3.08. The van der Waals surface area contributed by atoms with Gasteiger partial charge in [-0.05, 0) is 49.8 Å². The summed E-state index contributed by atoms with van der Waals surface area (Å²) in [7, 11) is 0. The Balaban J connectivity index is 2.06. The van der Waals surface area contributed by atoms with Crippen LogP contribution in [0.2, 0.25) is 0 Å². The van der Waals surface area contributed by atoms with Gasteiger partial charge in [-0.2, -0.15) is 13.2 Å². The number of nitrogens with one attached hydrogen (secondary N) is 2. The van der Waals surface area contributed by atoms with E-state index in [0.29, 0.717) is 12.8 Å². The molecule has 1 aliphatic rings. The molecule has 7 heteroatoms. The average molecular weight is 304 g/mol. The Kier molecular flexibility index (Phi) is 4.93. The van der Waals surface area contributed by atoms with Crippen LogP contribution in [0.15, 0.2) is 29.2 Å². The molecule has 1 aromatic carbocycles. The molecule has 0 aromatic heterocycles. The Morgan fingerprint density at radius 2 is 1.90 bits per heavy atom. The first-order valence-electron chi connectivity index (χ1n) is 6.32. The molecule has 110 valence electrons. The molecule has 0 unspecified atom stereocenters. The molecule has 1 saturated heterocycles. The van der Waals surface area contributed by atoms with Gasteiger partial charge in [-0.25, -0.2) is 0 Å². The minimum atomic E-state index is -4.37. The second kappa shape index (κ2) is 6.49. The molecule has 1 aliphatic heterocycles. The van der Waals surface area contributed by atoms with Gasteiger partial charge in [0.1, 0.15) is 0 Å². The number of benzene rings is 1. The first-order chi connectivity index (χ1) is 9.46. The zero-order chi connectivity index (χ0) is 14.6. The molecular formula is C13H15F3N2OS. The van der Waals surface area contributed by atoms with Gasteiger partial charge in [0.05, 0.1) is 5.69 Å². The molecule has 3 nitrogen and oxygen atoms in total. The Bertz CT molecular complexity index is 473. The van der Waals surface area contributed by atoms with Gasteiger partial charge in [0.15, 0.2) is 0 Å². The standard InChI is InChI=1S/C13H15F3N2OS/c14-13(15,16)20-11-4-2-1-3-10(11)18-12(19)9-5-7-17-8-6-9/h1-4,9,17H,5-8H2,(H,18,19). The molecule has 1 amide bonds. The van der Waals surface area contributed by atoms with Crippen molar-refractivity contribution in [1.82, 2.24) is 5.32 Å². The van der Waals surface area contributed by atoms with Crippen molar-refractivity contribution >= 4 is 23.4 Å². The van der Waals surface area contributed by atoms with Crippen LogP contribution in [0, 0.1) is 5.92 Å². The van der Waals surface area contributed by atoms with E-state index in [1.807, 2.05) is 0 Å². The van der Waals surface area contributed by atoms with Crippen molar-refractivity contribution in [2.75, 3.05) is 18.4 Å². The van der Waals surface area contributed by atoms with E-state index in [1.165, 1.54) is 18.2 Å². The summed E-state index contributed by atoms with van der Waals surface area (Å²) < 4.78 is 37.4. The van der Waals surface area contributed by atoms with Crippen LogP contribution >= 0.6 is 11.8 Å². The van der Waals surface area contributed by atoms with E-state index in [9.17, 15) is 18.0 Å². The molecule has 0 saturated carbocycles. The van der Waals surface area contributed by atoms with Gasteiger partial charge in [-0.3, -0.25) is 4.79 Å². The van der Waals surface area contributed by atoms with Crippen LogP contribution in [-0.2, 0) is 4.79 Å². The van der Waals surface area contributed by atoms with Gasteiger partial charge < -0.3 is 10.6 Å². The topological polar surface area (TPSA) is 41.1 Å². The molecule has 20 heavy (non-hydrogen) atoms. The van der Waals surface area contributed by atoms with Crippen LogP contribution in [0.25, 0.3) is 0 Å². The Morgan fingerprint density at radius 3 is 2.55 bits per heavy atom. The smallest absolute Gasteiger partial charge is 0.325 e. The van der Waals surface area contributed by atoms with E-state index in [4.69, 9.17) is 0 Å². The lowest BCUT2D eigenvalue weighted by Gasteiger charge is -2.22. The number of carbonyl (C=O) groups is 1. The van der Waals surface area contributed by atoms with Crippen molar-refractivity contribution in [3.63, 3.8) is 0 Å². The minimum absolute atomic E-state index is 0.0160. The normalized spacial score (nSPS) is 16.9. The van der Waals surface area contributed by atoms with Gasteiger partial charge >= 0.3 is 5.51 Å². The van der Waals surface area contributed by atoms with E-state index < -0.39 is 5.51 Å². The Morgan fingerprint density at radius 1 is 1.25 bits per heavy atom. The van der Waals surface area contributed by atoms with Gasteiger partial charge in [0, 0.05) is 10.8 Å². The van der Waals surface area contributed by atoms with E-state index in [-0.39, 0.29) is 34.2 Å². The minimum Gasteiger partial charge on any atom is -0.325 e. The van der Waals surface area contributed by atoms with Gasteiger partial charge in [0.2, 0.25) is 5.91 Å². The molecular weight excluding hydrogens is 289 g/mol. The second-order valence-electron chi connectivity index (χ2n) is 4.56. The predicted molar refractivity (Wildman–Crippen MR) is 72.6 cm³/mol. The number of anilines is 1. The molecule has 0 radical (unpaired) electrons. The predicted octanol–water partition coefficient (Wildman–Crippen LogP) is 3.24. The van der Waals surface area contributed by atoms with Gasteiger partial charge in [0.25, 0.3) is 0 Å². The summed E-state index contributed by atoms with van der Waals surface area (Å²) in [6.07, 6.45) is 1.42. The summed E-state index contributed by atoms with van der Waals surface area (Å²) in [5, 5.41) is 5.76. The molecule has 0 aliphatic carbocycles. The van der Waals surface area contributed by atoms with Crippen LogP contribution in [0.3, 0.4) is 0 Å². The maximum atomic E-state index is 12.5. The summed E-state index contributed by atoms with van der Waals surface area (Å²) >= 11 is -0.211. The number of halogens is 3. The highest BCUT2D eigenvalue weighted by molar-refractivity contribution is 8.00. The van der Waals surface area contributed by atoms with Crippen molar-refractivity contribution in [3.05, 3.63) is 24.3 Å². The maximum Gasteiger partial charge on any atom is 0.446 e. The molecule has 2 rings (SSSR count). The van der Waals surface area contributed by atoms with Crippen LogP contribution < -0.4 is 10.6 Å². The molecule has 0 bridgehead atoms. The fourth-order valence-electron chi connectivity index (χ4n) is 2.10. The van der Waals surface area contributed by atoms with E-state index in [2.05, 4.69) is 10.6 Å². The molecule has 1 aromatic rings. The molecule has 0 atom stereocenters. The number of piperidine rings is 1. The van der Waals surface area contributed by atoms with Crippen molar-refractivity contribution in [3.8, 4) is 0 Å². The number of amides is 1. The molecule has 2 N–H and O–H groups in total. The van der Waals surface area contributed by atoms with Gasteiger partial charge in [-0.1, -0.05) is 12.1 Å². The molecule has 0 spiro atoms. The largest absolute Gasteiger partial charge is 0.446 e. The van der Waals surface area contributed by atoms with Crippen LogP contribution in [0.5, 0.6) is 0 Å². The van der Waals surface area contributed by atoms with Crippen molar-refractivity contribution in [2.45, 2.75) is 23.2 Å². The monoisotopic (exact) mass is 304 g/mol. The third kappa shape index (κ3) is 4.42. The quantitative estimate of drug-likeness (QED) is 0.842. The lowest BCUT2D eigenvalue weighted by molar-refractivity contribution is -0.120. The number of rotatable bonds is 3. The molecule has 1 fully saturated rings.